The van der Waals surface area contributed by atoms with Crippen molar-refractivity contribution in [2.45, 2.75) is 22.6 Å². The van der Waals surface area contributed by atoms with Crippen molar-refractivity contribution in [1.82, 2.24) is 10.2 Å². The van der Waals surface area contributed by atoms with Crippen molar-refractivity contribution in [3.05, 3.63) is 20.8 Å². The second-order valence-corrected chi connectivity index (χ2v) is 8.51. The van der Waals surface area contributed by atoms with Crippen LogP contribution in [-0.4, -0.2) is 30.3 Å². The average molecular weight is 379 g/mol. The maximum absolute atomic E-state index is 6.11. The SMILES string of the molecule is CC(N)C(Sc1nnc(N(C)C)s1)c1cc(Br)cs1. The number of nitrogens with two attached hydrogens (primary N) is 1. The number of halogens is 1. The van der Waals surface area contributed by atoms with Gasteiger partial charge in [0.1, 0.15) is 0 Å². The predicted octanol–water partition coefficient (Wildman–Crippen LogP) is 3.61. The topological polar surface area (TPSA) is 55.0 Å². The minimum atomic E-state index is 0.0576. The molecular weight excluding hydrogens is 364 g/mol. The standard InChI is InChI=1S/C11H15BrN4S3/c1-6(13)9(8-4-7(12)5-17-8)18-11-15-14-10(19-11)16(2)3/h4-6,9H,13H2,1-3H3. The third kappa shape index (κ3) is 3.91. The van der Waals surface area contributed by atoms with E-state index in [1.807, 2.05) is 25.9 Å². The lowest BCUT2D eigenvalue weighted by Crippen LogP contribution is -2.21. The molecule has 0 aliphatic rings. The zero-order valence-corrected chi connectivity index (χ0v) is 14.9. The van der Waals surface area contributed by atoms with Crippen LogP contribution in [0.25, 0.3) is 0 Å². The van der Waals surface area contributed by atoms with Crippen molar-refractivity contribution in [3.63, 3.8) is 0 Å². The van der Waals surface area contributed by atoms with E-state index < -0.39 is 0 Å². The highest BCUT2D eigenvalue weighted by molar-refractivity contribution is 9.10. The van der Waals surface area contributed by atoms with Crippen LogP contribution in [0.4, 0.5) is 5.13 Å². The number of rotatable bonds is 5. The minimum absolute atomic E-state index is 0.0576. The van der Waals surface area contributed by atoms with Crippen LogP contribution in [-0.2, 0) is 0 Å². The molecule has 0 spiro atoms. The molecule has 2 aromatic rings. The first kappa shape index (κ1) is 15.2. The number of aromatic nitrogens is 2. The minimum Gasteiger partial charge on any atom is -0.353 e. The van der Waals surface area contributed by atoms with Gasteiger partial charge in [-0.1, -0.05) is 23.1 Å². The molecule has 8 heteroatoms. The van der Waals surface area contributed by atoms with Gasteiger partial charge in [-0.15, -0.1) is 21.5 Å². The number of thiophene rings is 1. The molecule has 2 rings (SSSR count). The van der Waals surface area contributed by atoms with E-state index in [9.17, 15) is 0 Å². The van der Waals surface area contributed by atoms with Crippen LogP contribution in [0.5, 0.6) is 0 Å². The Morgan fingerprint density at radius 3 is 2.63 bits per heavy atom. The van der Waals surface area contributed by atoms with Gasteiger partial charge in [-0.05, 0) is 28.9 Å². The van der Waals surface area contributed by atoms with Gasteiger partial charge in [0, 0.05) is 34.9 Å². The fourth-order valence-electron chi connectivity index (χ4n) is 1.44. The van der Waals surface area contributed by atoms with Gasteiger partial charge in [-0.2, -0.15) is 0 Å². The molecule has 104 valence electrons. The van der Waals surface area contributed by atoms with Crippen LogP contribution in [0, 0.1) is 0 Å². The highest BCUT2D eigenvalue weighted by Crippen LogP contribution is 2.42. The van der Waals surface area contributed by atoms with E-state index in [-0.39, 0.29) is 11.3 Å². The lowest BCUT2D eigenvalue weighted by Gasteiger charge is -2.17. The number of hydrogen-bond acceptors (Lipinski definition) is 7. The highest BCUT2D eigenvalue weighted by atomic mass is 79.9. The van der Waals surface area contributed by atoms with Crippen LogP contribution >= 0.6 is 50.4 Å². The van der Waals surface area contributed by atoms with Crippen molar-refractivity contribution in [3.8, 4) is 0 Å². The van der Waals surface area contributed by atoms with Gasteiger partial charge in [0.05, 0.1) is 5.25 Å². The third-order valence-electron chi connectivity index (χ3n) is 2.35. The Hall–Kier alpha value is -0.150. The first-order valence-corrected chi connectivity index (χ1v) is 9.01. The Morgan fingerprint density at radius 1 is 1.42 bits per heavy atom. The van der Waals surface area contributed by atoms with E-state index in [2.05, 4.69) is 37.6 Å². The van der Waals surface area contributed by atoms with Crippen molar-refractivity contribution in [1.29, 1.82) is 0 Å². The highest BCUT2D eigenvalue weighted by Gasteiger charge is 2.22. The molecule has 0 aliphatic heterocycles. The summed E-state index contributed by atoms with van der Waals surface area (Å²) in [4.78, 5) is 3.22. The van der Waals surface area contributed by atoms with E-state index >= 15 is 0 Å². The largest absolute Gasteiger partial charge is 0.353 e. The molecular formula is C11H15BrN4S3. The van der Waals surface area contributed by atoms with Crippen LogP contribution in [0.1, 0.15) is 17.1 Å². The Labute approximate surface area is 133 Å². The Kier molecular flexibility index (Phi) is 5.24. The zero-order chi connectivity index (χ0) is 14.0. The smallest absolute Gasteiger partial charge is 0.208 e. The van der Waals surface area contributed by atoms with Crippen molar-refractivity contribution in [2.24, 2.45) is 5.73 Å². The van der Waals surface area contributed by atoms with Gasteiger partial charge in [-0.25, -0.2) is 0 Å². The molecule has 19 heavy (non-hydrogen) atoms. The monoisotopic (exact) mass is 378 g/mol. The van der Waals surface area contributed by atoms with E-state index in [0.717, 1.165) is 13.9 Å². The molecule has 0 saturated carbocycles. The zero-order valence-electron chi connectivity index (χ0n) is 10.8. The molecule has 0 bridgehead atoms. The van der Waals surface area contributed by atoms with Crippen molar-refractivity contribution in [2.75, 3.05) is 19.0 Å². The summed E-state index contributed by atoms with van der Waals surface area (Å²) in [7, 11) is 3.93. The number of hydrogen-bond donors (Lipinski definition) is 1. The lowest BCUT2D eigenvalue weighted by atomic mass is 10.2. The molecule has 2 aromatic heterocycles. The normalized spacial score (nSPS) is 14.4. The van der Waals surface area contributed by atoms with Gasteiger partial charge in [0.25, 0.3) is 0 Å². The second-order valence-electron chi connectivity index (χ2n) is 4.31. The number of nitrogens with zero attached hydrogens (tertiary/aromatic N) is 3. The van der Waals surface area contributed by atoms with E-state index in [4.69, 9.17) is 5.73 Å². The van der Waals surface area contributed by atoms with Crippen LogP contribution in [0.2, 0.25) is 0 Å². The molecule has 0 radical (unpaired) electrons. The maximum Gasteiger partial charge on any atom is 0.208 e. The Balaban J connectivity index is 2.16. The first-order valence-electron chi connectivity index (χ1n) is 5.64. The average Bonchev–Trinajstić information content (AvgIpc) is 2.94. The fourth-order valence-corrected chi connectivity index (χ4v) is 5.22. The van der Waals surface area contributed by atoms with Crippen molar-refractivity contribution < 1.29 is 0 Å². The fraction of sp³-hybridized carbons (Fsp3) is 0.455. The summed E-state index contributed by atoms with van der Waals surface area (Å²) in [5, 5.41) is 11.6. The molecule has 2 N–H and O–H groups in total. The third-order valence-corrected chi connectivity index (χ3v) is 6.92. The number of anilines is 1. The summed E-state index contributed by atoms with van der Waals surface area (Å²) in [6, 6.07) is 2.18. The first-order chi connectivity index (χ1) is 8.97. The molecule has 0 amide bonds. The molecule has 0 aromatic carbocycles. The van der Waals surface area contributed by atoms with Crippen LogP contribution in [0.3, 0.4) is 0 Å². The van der Waals surface area contributed by atoms with Gasteiger partial charge in [0.15, 0.2) is 4.34 Å². The molecule has 4 nitrogen and oxygen atoms in total. The molecule has 0 saturated heterocycles. The summed E-state index contributed by atoms with van der Waals surface area (Å²) < 4.78 is 2.06. The second kappa shape index (κ2) is 6.53. The van der Waals surface area contributed by atoms with E-state index in [0.29, 0.717) is 0 Å². The van der Waals surface area contributed by atoms with Gasteiger partial charge < -0.3 is 10.6 Å². The molecule has 0 fully saturated rings. The quantitative estimate of drug-likeness (QED) is 0.805. The number of thioether (sulfide) groups is 1. The van der Waals surface area contributed by atoms with Gasteiger partial charge >= 0.3 is 0 Å². The molecule has 2 atom stereocenters. The summed E-state index contributed by atoms with van der Waals surface area (Å²) in [6.07, 6.45) is 0. The Bertz CT molecular complexity index is 538. The maximum atomic E-state index is 6.11. The van der Waals surface area contributed by atoms with Gasteiger partial charge in [0.2, 0.25) is 5.13 Å². The molecule has 0 aliphatic carbocycles. The van der Waals surface area contributed by atoms with E-state index in [1.54, 1.807) is 34.4 Å². The van der Waals surface area contributed by atoms with Crippen LogP contribution < -0.4 is 10.6 Å². The lowest BCUT2D eigenvalue weighted by molar-refractivity contribution is 0.729. The molecule has 2 heterocycles. The van der Waals surface area contributed by atoms with Crippen molar-refractivity contribution >= 4 is 55.5 Å². The van der Waals surface area contributed by atoms with E-state index in [1.165, 1.54) is 4.88 Å². The summed E-state index contributed by atoms with van der Waals surface area (Å²) in [5.74, 6) is 0. The van der Waals surface area contributed by atoms with Gasteiger partial charge in [-0.3, -0.25) is 0 Å². The Morgan fingerprint density at radius 2 is 2.16 bits per heavy atom. The summed E-state index contributed by atoms with van der Waals surface area (Å²) in [5.41, 5.74) is 6.11. The predicted molar refractivity (Wildman–Crippen MR) is 88.5 cm³/mol. The summed E-state index contributed by atoms with van der Waals surface area (Å²) >= 11 is 8.48. The summed E-state index contributed by atoms with van der Waals surface area (Å²) in [6.45, 7) is 2.03. The molecule has 2 unspecified atom stereocenters. The van der Waals surface area contributed by atoms with Crippen LogP contribution in [0.15, 0.2) is 20.3 Å².